The number of rotatable bonds is 7. The van der Waals surface area contributed by atoms with Gasteiger partial charge in [0.2, 0.25) is 0 Å². The SMILES string of the molecule is CCCCC(CC)COC(=O)c1ccc(Cl)nc1. The first-order valence-corrected chi connectivity index (χ1v) is 6.83. The molecule has 1 atom stereocenters. The Labute approximate surface area is 114 Å². The molecule has 100 valence electrons. The van der Waals surface area contributed by atoms with Gasteiger partial charge in [-0.25, -0.2) is 9.78 Å². The van der Waals surface area contributed by atoms with Crippen LogP contribution >= 0.6 is 11.6 Å². The van der Waals surface area contributed by atoms with Gasteiger partial charge in [-0.3, -0.25) is 0 Å². The Morgan fingerprint density at radius 1 is 1.44 bits per heavy atom. The number of ether oxygens (including phenoxy) is 1. The molecule has 1 rings (SSSR count). The Balaban J connectivity index is 2.42. The number of aromatic nitrogens is 1. The second-order valence-corrected chi connectivity index (χ2v) is 4.77. The van der Waals surface area contributed by atoms with Crippen LogP contribution in [0.25, 0.3) is 0 Å². The van der Waals surface area contributed by atoms with Crippen LogP contribution in [0.1, 0.15) is 49.9 Å². The van der Waals surface area contributed by atoms with Gasteiger partial charge in [0.1, 0.15) is 5.15 Å². The van der Waals surface area contributed by atoms with Crippen molar-refractivity contribution in [1.82, 2.24) is 4.98 Å². The average Bonchev–Trinajstić information content (AvgIpc) is 2.39. The number of unbranched alkanes of at least 4 members (excludes halogenated alkanes) is 1. The average molecular weight is 270 g/mol. The summed E-state index contributed by atoms with van der Waals surface area (Å²) in [6, 6.07) is 3.22. The number of carbonyl (C=O) groups is 1. The lowest BCUT2D eigenvalue weighted by Gasteiger charge is -2.14. The van der Waals surface area contributed by atoms with Crippen molar-refractivity contribution in [1.29, 1.82) is 0 Å². The van der Waals surface area contributed by atoms with Crippen LogP contribution in [-0.2, 0) is 4.74 Å². The molecule has 0 saturated heterocycles. The van der Waals surface area contributed by atoms with E-state index in [0.717, 1.165) is 12.8 Å². The molecule has 0 radical (unpaired) electrons. The second kappa shape index (κ2) is 8.09. The summed E-state index contributed by atoms with van der Waals surface area (Å²) in [4.78, 5) is 15.6. The normalized spacial score (nSPS) is 12.2. The van der Waals surface area contributed by atoms with Gasteiger partial charge in [0.25, 0.3) is 0 Å². The van der Waals surface area contributed by atoms with Gasteiger partial charge < -0.3 is 4.74 Å². The first kappa shape index (κ1) is 15.0. The Hall–Kier alpha value is -1.09. The van der Waals surface area contributed by atoms with E-state index in [9.17, 15) is 4.79 Å². The van der Waals surface area contributed by atoms with Crippen LogP contribution in [-0.4, -0.2) is 17.6 Å². The third-order valence-electron chi connectivity index (χ3n) is 2.96. The zero-order chi connectivity index (χ0) is 13.4. The third kappa shape index (κ3) is 5.05. The van der Waals surface area contributed by atoms with E-state index < -0.39 is 0 Å². The fourth-order valence-corrected chi connectivity index (χ4v) is 1.78. The number of carbonyl (C=O) groups excluding carboxylic acids is 1. The summed E-state index contributed by atoms with van der Waals surface area (Å²) in [5.74, 6) is 0.128. The largest absolute Gasteiger partial charge is 0.462 e. The highest BCUT2D eigenvalue weighted by molar-refractivity contribution is 6.29. The van der Waals surface area contributed by atoms with Crippen LogP contribution in [0.5, 0.6) is 0 Å². The molecule has 0 N–H and O–H groups in total. The van der Waals surface area contributed by atoms with Crippen molar-refractivity contribution in [3.05, 3.63) is 29.0 Å². The van der Waals surface area contributed by atoms with Gasteiger partial charge in [-0.2, -0.15) is 0 Å². The standard InChI is InChI=1S/C14H20ClNO2/c1-3-5-6-11(4-2)10-18-14(17)12-7-8-13(15)16-9-12/h7-9,11H,3-6,10H2,1-2H3. The topological polar surface area (TPSA) is 39.2 Å². The van der Waals surface area contributed by atoms with E-state index in [-0.39, 0.29) is 5.97 Å². The summed E-state index contributed by atoms with van der Waals surface area (Å²) in [5, 5.41) is 0.376. The van der Waals surface area contributed by atoms with Gasteiger partial charge >= 0.3 is 5.97 Å². The van der Waals surface area contributed by atoms with Crippen LogP contribution in [0.3, 0.4) is 0 Å². The quantitative estimate of drug-likeness (QED) is 0.552. The van der Waals surface area contributed by atoms with Crippen LogP contribution in [0.15, 0.2) is 18.3 Å². The summed E-state index contributed by atoms with van der Waals surface area (Å²) in [7, 11) is 0. The predicted molar refractivity (Wildman–Crippen MR) is 72.8 cm³/mol. The molecule has 18 heavy (non-hydrogen) atoms. The molecule has 1 aromatic heterocycles. The maximum atomic E-state index is 11.7. The van der Waals surface area contributed by atoms with Gasteiger partial charge in [0.15, 0.2) is 0 Å². The minimum Gasteiger partial charge on any atom is -0.462 e. The van der Waals surface area contributed by atoms with Crippen LogP contribution in [0.2, 0.25) is 5.15 Å². The smallest absolute Gasteiger partial charge is 0.339 e. The molecule has 0 aliphatic rings. The van der Waals surface area contributed by atoms with E-state index in [1.807, 2.05) is 0 Å². The third-order valence-corrected chi connectivity index (χ3v) is 3.18. The number of hydrogen-bond acceptors (Lipinski definition) is 3. The van der Waals surface area contributed by atoms with Crippen molar-refractivity contribution in [3.8, 4) is 0 Å². The Morgan fingerprint density at radius 3 is 2.78 bits per heavy atom. The fraction of sp³-hybridized carbons (Fsp3) is 0.571. The molecule has 0 spiro atoms. The Bertz CT molecular complexity index is 365. The molecule has 0 aliphatic carbocycles. The zero-order valence-electron chi connectivity index (χ0n) is 11.0. The van der Waals surface area contributed by atoms with Crippen molar-refractivity contribution >= 4 is 17.6 Å². The van der Waals surface area contributed by atoms with E-state index in [4.69, 9.17) is 16.3 Å². The lowest BCUT2D eigenvalue weighted by atomic mass is 10.0. The van der Waals surface area contributed by atoms with Crippen LogP contribution in [0.4, 0.5) is 0 Å². The summed E-state index contributed by atoms with van der Waals surface area (Å²) in [6.45, 7) is 4.77. The molecular formula is C14H20ClNO2. The van der Waals surface area contributed by atoms with E-state index in [2.05, 4.69) is 18.8 Å². The molecule has 1 unspecified atom stereocenters. The summed E-state index contributed by atoms with van der Waals surface area (Å²) >= 11 is 5.66. The van der Waals surface area contributed by atoms with Gasteiger partial charge in [-0.05, 0) is 24.5 Å². The molecule has 0 saturated carbocycles. The molecule has 0 aromatic carbocycles. The number of hydrogen-bond donors (Lipinski definition) is 0. The van der Waals surface area contributed by atoms with Gasteiger partial charge in [0, 0.05) is 6.20 Å². The molecule has 4 heteroatoms. The monoisotopic (exact) mass is 269 g/mol. The molecule has 1 heterocycles. The Morgan fingerprint density at radius 2 is 2.22 bits per heavy atom. The highest BCUT2D eigenvalue weighted by Gasteiger charge is 2.12. The van der Waals surface area contributed by atoms with E-state index in [1.165, 1.54) is 19.0 Å². The minimum atomic E-state index is -0.325. The van der Waals surface area contributed by atoms with E-state index in [1.54, 1.807) is 12.1 Å². The molecule has 0 amide bonds. The lowest BCUT2D eigenvalue weighted by Crippen LogP contribution is -2.14. The lowest BCUT2D eigenvalue weighted by molar-refractivity contribution is 0.0427. The van der Waals surface area contributed by atoms with Crippen molar-refractivity contribution in [2.45, 2.75) is 39.5 Å². The summed E-state index contributed by atoms with van der Waals surface area (Å²) < 4.78 is 5.30. The van der Waals surface area contributed by atoms with Crippen LogP contribution in [0, 0.1) is 5.92 Å². The summed E-state index contributed by atoms with van der Waals surface area (Å²) in [6.07, 6.45) is 5.94. The van der Waals surface area contributed by atoms with E-state index >= 15 is 0 Å². The first-order chi connectivity index (χ1) is 8.67. The maximum absolute atomic E-state index is 11.7. The highest BCUT2D eigenvalue weighted by Crippen LogP contribution is 2.14. The van der Waals surface area contributed by atoms with Crippen molar-refractivity contribution in [3.63, 3.8) is 0 Å². The first-order valence-electron chi connectivity index (χ1n) is 6.46. The predicted octanol–water partition coefficient (Wildman–Crippen LogP) is 4.11. The number of esters is 1. The molecule has 0 aliphatic heterocycles. The minimum absolute atomic E-state index is 0.325. The number of halogens is 1. The van der Waals surface area contributed by atoms with Crippen molar-refractivity contribution in [2.24, 2.45) is 5.92 Å². The number of pyridine rings is 1. The Kier molecular flexibility index (Phi) is 6.73. The number of nitrogens with zero attached hydrogens (tertiary/aromatic N) is 1. The summed E-state index contributed by atoms with van der Waals surface area (Å²) in [5.41, 5.74) is 0.449. The van der Waals surface area contributed by atoms with Gasteiger partial charge in [0.05, 0.1) is 12.2 Å². The zero-order valence-corrected chi connectivity index (χ0v) is 11.7. The van der Waals surface area contributed by atoms with Gasteiger partial charge in [-0.15, -0.1) is 0 Å². The van der Waals surface area contributed by atoms with Crippen molar-refractivity contribution in [2.75, 3.05) is 6.61 Å². The second-order valence-electron chi connectivity index (χ2n) is 4.38. The molecule has 0 fully saturated rings. The van der Waals surface area contributed by atoms with E-state index in [0.29, 0.717) is 23.2 Å². The molecule has 0 bridgehead atoms. The molecule has 1 aromatic rings. The molecular weight excluding hydrogens is 250 g/mol. The fourth-order valence-electron chi connectivity index (χ4n) is 1.67. The van der Waals surface area contributed by atoms with Gasteiger partial charge in [-0.1, -0.05) is 44.7 Å². The van der Waals surface area contributed by atoms with Crippen LogP contribution < -0.4 is 0 Å². The van der Waals surface area contributed by atoms with Crippen molar-refractivity contribution < 1.29 is 9.53 Å². The maximum Gasteiger partial charge on any atom is 0.339 e. The molecule has 3 nitrogen and oxygen atoms in total. The highest BCUT2D eigenvalue weighted by atomic mass is 35.5.